The maximum atomic E-state index is 14.6. The van der Waals surface area contributed by atoms with Crippen LogP contribution in [-0.2, 0) is 44.9 Å². The van der Waals surface area contributed by atoms with Gasteiger partial charge in [0, 0.05) is 11.3 Å². The number of hydrogen-bond donors (Lipinski definition) is 2. The summed E-state index contributed by atoms with van der Waals surface area (Å²) in [4.78, 5) is 69.6. The van der Waals surface area contributed by atoms with Crippen molar-refractivity contribution in [2.45, 2.75) is 113 Å². The van der Waals surface area contributed by atoms with Crippen LogP contribution in [0.1, 0.15) is 120 Å². The van der Waals surface area contributed by atoms with Gasteiger partial charge in [0.1, 0.15) is 17.5 Å². The smallest absolute Gasteiger partial charge is 0.190 e. The number of carbonyl (C=O) groups excluding carboxylic acids is 5. The molecule has 2 aromatic carbocycles. The molecule has 0 aliphatic heterocycles. The Hall–Kier alpha value is -3.45. The molecule has 0 spiro atoms. The Bertz CT molecular complexity index is 1710. The molecule has 2 fully saturated rings. The van der Waals surface area contributed by atoms with Crippen LogP contribution in [-0.4, -0.2) is 44.7 Å². The standard InChI is InChI=1S/C41H52O7/c1-21(2)27-17-26(16-15-24-11-13-25(14-12-24)18-38(6,7)8)33(43)30-28(27)19-39(9)20-40(10)31(22(3)4)34(44)29(23(5)42)36(46)41(40,48)37(47)32(39)35(30)45/h11-14,17,21-22,29,31-32,43,48H,15-16,18-20H2,1-10H3/t29?,31?,32?,39-,40-,41+/m1/s1. The monoisotopic (exact) mass is 656 g/mol. The Balaban J connectivity index is 1.58. The SMILES string of the molecule is CC(=O)C1C(=O)C(C(C)C)[C@@]2(C)C[C@@]3(C)Cc4c(C(C)C)cc(CCc5ccc(CC(C)(C)C)cc5)c(O)c4C(=O)C3C(=O)[C@@]2(O)C1=O. The summed E-state index contributed by atoms with van der Waals surface area (Å²) in [5.74, 6) is -8.65. The lowest BCUT2D eigenvalue weighted by atomic mass is 9.39. The second kappa shape index (κ2) is 11.9. The van der Waals surface area contributed by atoms with E-state index in [0.717, 1.165) is 24.5 Å². The number of rotatable bonds is 7. The van der Waals surface area contributed by atoms with E-state index in [4.69, 9.17) is 0 Å². The Morgan fingerprint density at radius 3 is 2.04 bits per heavy atom. The first-order valence-electron chi connectivity index (χ1n) is 17.4. The minimum atomic E-state index is -2.70. The van der Waals surface area contributed by atoms with Crippen molar-refractivity contribution in [1.29, 1.82) is 0 Å². The highest BCUT2D eigenvalue weighted by molar-refractivity contribution is 6.32. The number of benzene rings is 2. The molecule has 2 N–H and O–H groups in total. The molecule has 3 unspecified atom stereocenters. The summed E-state index contributed by atoms with van der Waals surface area (Å²) in [5, 5.41) is 24.0. The summed E-state index contributed by atoms with van der Waals surface area (Å²) < 4.78 is 0. The van der Waals surface area contributed by atoms with Crippen LogP contribution in [0.5, 0.6) is 5.75 Å². The van der Waals surface area contributed by atoms with Crippen LogP contribution >= 0.6 is 0 Å². The van der Waals surface area contributed by atoms with Crippen molar-refractivity contribution in [3.05, 3.63) is 63.7 Å². The van der Waals surface area contributed by atoms with E-state index in [0.29, 0.717) is 24.0 Å². The van der Waals surface area contributed by atoms with E-state index in [-0.39, 0.29) is 41.4 Å². The molecule has 0 heterocycles. The van der Waals surface area contributed by atoms with Crippen LogP contribution in [0.15, 0.2) is 30.3 Å². The zero-order valence-corrected chi connectivity index (χ0v) is 30.2. The van der Waals surface area contributed by atoms with E-state index >= 15 is 0 Å². The third-order valence-corrected chi connectivity index (χ3v) is 11.6. The topological polar surface area (TPSA) is 126 Å². The maximum Gasteiger partial charge on any atom is 0.190 e. The summed E-state index contributed by atoms with van der Waals surface area (Å²) in [6, 6.07) is 10.4. The normalized spacial score (nSPS) is 30.4. The molecule has 7 heteroatoms. The molecule has 2 aromatic rings. The Labute approximate surface area is 284 Å². The molecule has 2 saturated carbocycles. The Morgan fingerprint density at radius 2 is 1.52 bits per heavy atom. The van der Waals surface area contributed by atoms with Crippen molar-refractivity contribution < 1.29 is 34.2 Å². The number of phenolic OH excluding ortho intramolecular Hbond substituents is 1. The van der Waals surface area contributed by atoms with Crippen molar-refractivity contribution in [1.82, 2.24) is 0 Å². The Morgan fingerprint density at radius 1 is 0.938 bits per heavy atom. The van der Waals surface area contributed by atoms with Gasteiger partial charge in [0.05, 0.1) is 11.5 Å². The minimum absolute atomic E-state index is 0.00659. The van der Waals surface area contributed by atoms with Crippen LogP contribution in [0.25, 0.3) is 0 Å². The van der Waals surface area contributed by atoms with Gasteiger partial charge in [0.15, 0.2) is 28.7 Å². The number of aliphatic hydroxyl groups is 1. The first-order chi connectivity index (χ1) is 22.1. The van der Waals surface area contributed by atoms with Crippen LogP contribution in [0.2, 0.25) is 0 Å². The first-order valence-corrected chi connectivity index (χ1v) is 17.4. The van der Waals surface area contributed by atoms with Crippen molar-refractivity contribution >= 4 is 28.9 Å². The lowest BCUT2D eigenvalue weighted by Gasteiger charge is -2.62. The fraction of sp³-hybridized carbons (Fsp3) is 0.585. The summed E-state index contributed by atoms with van der Waals surface area (Å²) in [7, 11) is 0. The lowest BCUT2D eigenvalue weighted by molar-refractivity contribution is -0.205. The molecular weight excluding hydrogens is 604 g/mol. The molecule has 6 atom stereocenters. The van der Waals surface area contributed by atoms with Gasteiger partial charge < -0.3 is 10.2 Å². The van der Waals surface area contributed by atoms with E-state index in [1.807, 2.05) is 26.8 Å². The van der Waals surface area contributed by atoms with Gasteiger partial charge >= 0.3 is 0 Å². The number of ketones is 5. The summed E-state index contributed by atoms with van der Waals surface area (Å²) in [6.07, 6.45) is 2.38. The molecule has 0 bridgehead atoms. The van der Waals surface area contributed by atoms with E-state index in [9.17, 15) is 34.2 Å². The average Bonchev–Trinajstić information content (AvgIpc) is 2.94. The fourth-order valence-electron chi connectivity index (χ4n) is 9.71. The quantitative estimate of drug-likeness (QED) is 0.322. The van der Waals surface area contributed by atoms with Crippen LogP contribution in [0, 0.1) is 39.9 Å². The first kappa shape index (κ1) is 35.8. The van der Waals surface area contributed by atoms with Gasteiger partial charge in [-0.25, -0.2) is 0 Å². The summed E-state index contributed by atoms with van der Waals surface area (Å²) in [5.41, 5.74) is -0.442. The highest BCUT2D eigenvalue weighted by Gasteiger charge is 2.76. The van der Waals surface area contributed by atoms with Gasteiger partial charge in [-0.05, 0) is 89.5 Å². The third-order valence-electron chi connectivity index (χ3n) is 11.6. The summed E-state index contributed by atoms with van der Waals surface area (Å²) >= 11 is 0. The number of phenols is 1. The van der Waals surface area contributed by atoms with Crippen molar-refractivity contribution in [2.24, 2.45) is 39.9 Å². The highest BCUT2D eigenvalue weighted by atomic mass is 16.3. The largest absolute Gasteiger partial charge is 0.507 e. The predicted molar refractivity (Wildman–Crippen MR) is 184 cm³/mol. The Kier molecular flexibility index (Phi) is 8.85. The highest BCUT2D eigenvalue weighted by Crippen LogP contribution is 2.64. The van der Waals surface area contributed by atoms with Crippen molar-refractivity contribution in [3.8, 4) is 5.75 Å². The van der Waals surface area contributed by atoms with Gasteiger partial charge in [-0.15, -0.1) is 0 Å². The lowest BCUT2D eigenvalue weighted by Crippen LogP contribution is -2.76. The second-order valence-corrected chi connectivity index (χ2v) is 17.4. The number of aromatic hydroxyl groups is 1. The van der Waals surface area contributed by atoms with Crippen molar-refractivity contribution in [2.75, 3.05) is 0 Å². The molecule has 7 nitrogen and oxygen atoms in total. The maximum absolute atomic E-state index is 14.6. The van der Waals surface area contributed by atoms with Crippen LogP contribution in [0.3, 0.4) is 0 Å². The zero-order valence-electron chi connectivity index (χ0n) is 30.2. The van der Waals surface area contributed by atoms with E-state index in [1.165, 1.54) is 5.56 Å². The van der Waals surface area contributed by atoms with E-state index < -0.39 is 63.1 Å². The van der Waals surface area contributed by atoms with Crippen LogP contribution < -0.4 is 0 Å². The molecule has 48 heavy (non-hydrogen) atoms. The number of hydrogen-bond acceptors (Lipinski definition) is 7. The van der Waals surface area contributed by atoms with Gasteiger partial charge in [0.25, 0.3) is 0 Å². The number of Topliss-reactive ketones (excluding diaryl/α,β-unsaturated/α-hetero) is 5. The third kappa shape index (κ3) is 5.41. The van der Waals surface area contributed by atoms with E-state index in [2.05, 4.69) is 45.0 Å². The van der Waals surface area contributed by atoms with Crippen molar-refractivity contribution in [3.63, 3.8) is 0 Å². The molecule has 0 radical (unpaired) electrons. The van der Waals surface area contributed by atoms with Gasteiger partial charge in [-0.2, -0.15) is 0 Å². The molecule has 0 saturated heterocycles. The van der Waals surface area contributed by atoms with Gasteiger partial charge in [-0.1, -0.05) is 92.6 Å². The average molecular weight is 657 g/mol. The molecule has 258 valence electrons. The number of fused-ring (bicyclic) bond motifs is 3. The summed E-state index contributed by atoms with van der Waals surface area (Å²) in [6.45, 7) is 18.8. The number of carbonyl (C=O) groups is 5. The predicted octanol–water partition coefficient (Wildman–Crippen LogP) is 6.59. The molecular formula is C41H52O7. The fourth-order valence-corrected chi connectivity index (χ4v) is 9.71. The van der Waals surface area contributed by atoms with Gasteiger partial charge in [0.2, 0.25) is 0 Å². The zero-order chi connectivity index (χ0) is 35.9. The molecule has 0 amide bonds. The molecule has 5 rings (SSSR count). The molecule has 3 aliphatic rings. The van der Waals surface area contributed by atoms with Crippen LogP contribution in [0.4, 0.5) is 0 Å². The number of aryl methyl sites for hydroxylation is 2. The molecule has 0 aromatic heterocycles. The minimum Gasteiger partial charge on any atom is -0.507 e. The van der Waals surface area contributed by atoms with E-state index in [1.54, 1.807) is 20.8 Å². The van der Waals surface area contributed by atoms with Gasteiger partial charge in [-0.3, -0.25) is 24.0 Å². The molecule has 3 aliphatic carbocycles. The second-order valence-electron chi connectivity index (χ2n) is 17.4.